The molecule has 1 saturated heterocycles. The van der Waals surface area contributed by atoms with E-state index in [2.05, 4.69) is 37.8 Å². The number of nitrogens with one attached hydrogen (secondary N) is 1. The Morgan fingerprint density at radius 1 is 1.28 bits per heavy atom. The Labute approximate surface area is 118 Å². The van der Waals surface area contributed by atoms with Gasteiger partial charge in [0.15, 0.2) is 0 Å². The molecule has 0 radical (unpaired) electrons. The molecule has 1 heterocycles. The maximum atomic E-state index is 5.73. The Balaban J connectivity index is 2.33. The summed E-state index contributed by atoms with van der Waals surface area (Å²) < 4.78 is 5.73. The average Bonchev–Trinajstić information content (AvgIpc) is 2.89. The van der Waals surface area contributed by atoms with E-state index < -0.39 is 0 Å². The van der Waals surface area contributed by atoms with Crippen molar-refractivity contribution in [2.45, 2.75) is 76.7 Å². The molecule has 0 spiro atoms. The lowest BCUT2D eigenvalue weighted by Gasteiger charge is -2.27. The van der Waals surface area contributed by atoms with Crippen molar-refractivity contribution in [3.63, 3.8) is 0 Å². The van der Waals surface area contributed by atoms with E-state index in [1.165, 1.54) is 44.3 Å². The van der Waals surface area contributed by atoms with Gasteiger partial charge in [0, 0.05) is 23.7 Å². The van der Waals surface area contributed by atoms with Crippen molar-refractivity contribution in [3.05, 3.63) is 0 Å². The highest BCUT2D eigenvalue weighted by Crippen LogP contribution is 2.25. The molecule has 1 rings (SSSR count). The Kier molecular flexibility index (Phi) is 9.16. The molecule has 0 aromatic carbocycles. The van der Waals surface area contributed by atoms with Crippen molar-refractivity contribution in [2.75, 3.05) is 18.9 Å². The van der Waals surface area contributed by atoms with Crippen LogP contribution in [0.4, 0.5) is 0 Å². The zero-order valence-electron chi connectivity index (χ0n) is 12.4. The van der Waals surface area contributed by atoms with Gasteiger partial charge in [-0.3, -0.25) is 0 Å². The molecule has 0 aromatic rings. The molecule has 3 unspecified atom stereocenters. The van der Waals surface area contributed by atoms with Crippen LogP contribution in [-0.4, -0.2) is 36.3 Å². The minimum Gasteiger partial charge on any atom is -0.377 e. The summed E-state index contributed by atoms with van der Waals surface area (Å²) in [5.74, 6) is 1.19. The van der Waals surface area contributed by atoms with Gasteiger partial charge >= 0.3 is 0 Å². The fourth-order valence-corrected chi connectivity index (χ4v) is 4.01. The molecule has 1 fully saturated rings. The highest BCUT2D eigenvalue weighted by molar-refractivity contribution is 8.00. The second-order valence-corrected chi connectivity index (χ2v) is 6.54. The first kappa shape index (κ1) is 16.3. The molecular weight excluding hydrogens is 242 g/mol. The maximum absolute atomic E-state index is 5.73. The van der Waals surface area contributed by atoms with Gasteiger partial charge in [-0.05, 0) is 38.6 Å². The summed E-state index contributed by atoms with van der Waals surface area (Å²) in [6, 6.07) is 0.686. The second-order valence-electron chi connectivity index (χ2n) is 5.26. The number of rotatable bonds is 10. The van der Waals surface area contributed by atoms with Crippen molar-refractivity contribution in [1.29, 1.82) is 0 Å². The van der Waals surface area contributed by atoms with E-state index in [9.17, 15) is 0 Å². The van der Waals surface area contributed by atoms with Crippen LogP contribution in [0.5, 0.6) is 0 Å². The zero-order chi connectivity index (χ0) is 13.2. The van der Waals surface area contributed by atoms with Gasteiger partial charge < -0.3 is 10.1 Å². The minimum absolute atomic E-state index is 0.525. The molecule has 0 aliphatic carbocycles. The molecule has 3 atom stereocenters. The van der Waals surface area contributed by atoms with Gasteiger partial charge in [0.05, 0.1) is 6.10 Å². The summed E-state index contributed by atoms with van der Waals surface area (Å²) in [6.45, 7) is 8.99. The summed E-state index contributed by atoms with van der Waals surface area (Å²) in [5, 5.41) is 4.49. The van der Waals surface area contributed by atoms with Gasteiger partial charge in [-0.15, -0.1) is 0 Å². The molecule has 0 bridgehead atoms. The van der Waals surface area contributed by atoms with E-state index >= 15 is 0 Å². The second kappa shape index (κ2) is 10.1. The number of hydrogen-bond donors (Lipinski definition) is 1. The standard InChI is InChI=1S/C15H31NOS/c1-4-8-14(16-10-5-2)15(6-3)18-12-13-9-7-11-17-13/h13-16H,4-12H2,1-3H3. The largest absolute Gasteiger partial charge is 0.377 e. The summed E-state index contributed by atoms with van der Waals surface area (Å²) in [6.07, 6.45) is 8.12. The lowest BCUT2D eigenvalue weighted by Crippen LogP contribution is -2.39. The van der Waals surface area contributed by atoms with E-state index in [1.807, 2.05) is 0 Å². The van der Waals surface area contributed by atoms with Gasteiger partial charge in [0.1, 0.15) is 0 Å². The molecule has 3 heteroatoms. The third kappa shape index (κ3) is 5.94. The normalized spacial score (nSPS) is 23.2. The van der Waals surface area contributed by atoms with E-state index in [0.29, 0.717) is 12.1 Å². The molecule has 0 amide bonds. The maximum Gasteiger partial charge on any atom is 0.0666 e. The first-order valence-corrected chi connectivity index (χ1v) is 8.83. The molecular formula is C15H31NOS. The van der Waals surface area contributed by atoms with Gasteiger partial charge in [0.2, 0.25) is 0 Å². The van der Waals surface area contributed by atoms with Crippen LogP contribution in [0.2, 0.25) is 0 Å². The predicted molar refractivity (Wildman–Crippen MR) is 82.5 cm³/mol. The quantitative estimate of drug-likeness (QED) is 0.653. The van der Waals surface area contributed by atoms with Crippen LogP contribution >= 0.6 is 11.8 Å². The topological polar surface area (TPSA) is 21.3 Å². The van der Waals surface area contributed by atoms with Crippen LogP contribution in [0.25, 0.3) is 0 Å². The van der Waals surface area contributed by atoms with Crippen molar-refractivity contribution in [1.82, 2.24) is 5.32 Å². The van der Waals surface area contributed by atoms with Gasteiger partial charge in [-0.1, -0.05) is 27.2 Å². The molecule has 108 valence electrons. The van der Waals surface area contributed by atoms with Crippen LogP contribution < -0.4 is 5.32 Å². The highest BCUT2D eigenvalue weighted by atomic mass is 32.2. The first-order valence-electron chi connectivity index (χ1n) is 7.78. The summed E-state index contributed by atoms with van der Waals surface area (Å²) >= 11 is 2.13. The van der Waals surface area contributed by atoms with Crippen molar-refractivity contribution in [3.8, 4) is 0 Å². The molecule has 18 heavy (non-hydrogen) atoms. The van der Waals surface area contributed by atoms with Crippen LogP contribution in [0, 0.1) is 0 Å². The third-order valence-electron chi connectivity index (χ3n) is 3.63. The molecule has 1 N–H and O–H groups in total. The van der Waals surface area contributed by atoms with E-state index in [0.717, 1.165) is 18.4 Å². The molecule has 2 nitrogen and oxygen atoms in total. The first-order chi connectivity index (χ1) is 8.81. The number of ether oxygens (including phenoxy) is 1. The Bertz CT molecular complexity index is 195. The van der Waals surface area contributed by atoms with Crippen molar-refractivity contribution >= 4 is 11.8 Å². The Hall–Kier alpha value is 0.270. The third-order valence-corrected chi connectivity index (χ3v) is 5.28. The van der Waals surface area contributed by atoms with Crippen LogP contribution in [-0.2, 0) is 4.74 Å². The van der Waals surface area contributed by atoms with Crippen LogP contribution in [0.1, 0.15) is 59.3 Å². The average molecular weight is 273 g/mol. The van der Waals surface area contributed by atoms with Crippen LogP contribution in [0.15, 0.2) is 0 Å². The minimum atomic E-state index is 0.525. The molecule has 0 saturated carbocycles. The molecule has 1 aliphatic rings. The van der Waals surface area contributed by atoms with Crippen molar-refractivity contribution < 1.29 is 4.74 Å². The lowest BCUT2D eigenvalue weighted by atomic mass is 10.1. The van der Waals surface area contributed by atoms with E-state index in [1.54, 1.807) is 0 Å². The fraction of sp³-hybridized carbons (Fsp3) is 1.00. The SMILES string of the molecule is CCCNC(CCC)C(CC)SCC1CCCO1. The lowest BCUT2D eigenvalue weighted by molar-refractivity contribution is 0.128. The van der Waals surface area contributed by atoms with Gasteiger partial charge in [-0.2, -0.15) is 11.8 Å². The predicted octanol–water partition coefficient (Wildman–Crippen LogP) is 3.85. The number of thioether (sulfide) groups is 1. The van der Waals surface area contributed by atoms with E-state index in [-0.39, 0.29) is 0 Å². The van der Waals surface area contributed by atoms with E-state index in [4.69, 9.17) is 4.74 Å². The Morgan fingerprint density at radius 3 is 2.67 bits per heavy atom. The molecule has 0 aromatic heterocycles. The fourth-order valence-electron chi connectivity index (χ4n) is 2.59. The smallest absolute Gasteiger partial charge is 0.0666 e. The molecule has 1 aliphatic heterocycles. The zero-order valence-corrected chi connectivity index (χ0v) is 13.2. The van der Waals surface area contributed by atoms with Gasteiger partial charge in [0.25, 0.3) is 0 Å². The summed E-state index contributed by atoms with van der Waals surface area (Å²) in [7, 11) is 0. The van der Waals surface area contributed by atoms with Crippen LogP contribution in [0.3, 0.4) is 0 Å². The van der Waals surface area contributed by atoms with Gasteiger partial charge in [-0.25, -0.2) is 0 Å². The monoisotopic (exact) mass is 273 g/mol. The van der Waals surface area contributed by atoms with Crippen molar-refractivity contribution in [2.24, 2.45) is 0 Å². The Morgan fingerprint density at radius 2 is 2.11 bits per heavy atom. The summed E-state index contributed by atoms with van der Waals surface area (Å²) in [4.78, 5) is 0. The number of hydrogen-bond acceptors (Lipinski definition) is 3. The summed E-state index contributed by atoms with van der Waals surface area (Å²) in [5.41, 5.74) is 0. The highest BCUT2D eigenvalue weighted by Gasteiger charge is 2.22.